The van der Waals surface area contributed by atoms with Gasteiger partial charge in [0.05, 0.1) is 5.69 Å². The molecule has 2 saturated heterocycles. The van der Waals surface area contributed by atoms with Crippen molar-refractivity contribution in [2.24, 2.45) is 5.92 Å². The molecule has 2 heterocycles. The maximum atomic E-state index is 13.1. The molecule has 136 valence electrons. The molecular formula is C20H29N3O2. The van der Waals surface area contributed by atoms with Gasteiger partial charge < -0.3 is 20.6 Å². The molecule has 3 N–H and O–H groups in total. The Morgan fingerprint density at radius 1 is 1.24 bits per heavy atom. The molecule has 3 aliphatic rings. The van der Waals surface area contributed by atoms with E-state index in [1.165, 1.54) is 17.5 Å². The quantitative estimate of drug-likeness (QED) is 0.562. The Morgan fingerprint density at radius 2 is 1.96 bits per heavy atom. The number of phenolic OH excluding ortho intramolecular Hbond substituents is 1. The minimum atomic E-state index is -0.0118. The summed E-state index contributed by atoms with van der Waals surface area (Å²) >= 11 is 0. The molecule has 0 spiro atoms. The second-order valence-electron chi connectivity index (χ2n) is 8.32. The van der Waals surface area contributed by atoms with E-state index in [0.29, 0.717) is 11.6 Å². The summed E-state index contributed by atoms with van der Waals surface area (Å²) in [6, 6.07) is 4.20. The van der Waals surface area contributed by atoms with Crippen LogP contribution in [0.5, 0.6) is 5.75 Å². The Kier molecular flexibility index (Phi) is 3.85. The SMILES string of the molecule is C[C@@H]1[C@H]2Cc3cc(N)c(O)cc3[C@]1(C)CCN2C(=O)N1CCCCC1. The smallest absolute Gasteiger partial charge is 0.320 e. The molecule has 2 aliphatic heterocycles. The number of nitrogens with two attached hydrogens (primary N) is 1. The molecule has 0 saturated carbocycles. The predicted octanol–water partition coefficient (Wildman–Crippen LogP) is 3.10. The highest BCUT2D eigenvalue weighted by Gasteiger charge is 2.50. The third-order valence-corrected chi connectivity index (χ3v) is 7.02. The number of rotatable bonds is 0. The van der Waals surface area contributed by atoms with Crippen LogP contribution in [-0.4, -0.2) is 46.6 Å². The summed E-state index contributed by atoms with van der Waals surface area (Å²) in [5, 5.41) is 10.1. The largest absolute Gasteiger partial charge is 0.506 e. The topological polar surface area (TPSA) is 69.8 Å². The fourth-order valence-electron chi connectivity index (χ4n) is 5.19. The van der Waals surface area contributed by atoms with Crippen molar-refractivity contribution in [3.8, 4) is 5.75 Å². The Balaban J connectivity index is 1.67. The van der Waals surface area contributed by atoms with E-state index in [-0.39, 0.29) is 23.2 Å². The minimum absolute atomic E-state index is 0.0118. The summed E-state index contributed by atoms with van der Waals surface area (Å²) in [7, 11) is 0. The van der Waals surface area contributed by atoms with Crippen LogP contribution in [-0.2, 0) is 11.8 Å². The molecule has 1 aliphatic carbocycles. The van der Waals surface area contributed by atoms with Crippen molar-refractivity contribution < 1.29 is 9.90 Å². The average Bonchev–Trinajstić information content (AvgIpc) is 2.61. The maximum absolute atomic E-state index is 13.1. The number of amides is 2. The van der Waals surface area contributed by atoms with E-state index in [9.17, 15) is 9.90 Å². The highest BCUT2D eigenvalue weighted by atomic mass is 16.3. The zero-order valence-corrected chi connectivity index (χ0v) is 15.3. The van der Waals surface area contributed by atoms with Crippen LogP contribution in [0.15, 0.2) is 12.1 Å². The first-order valence-corrected chi connectivity index (χ1v) is 9.59. The van der Waals surface area contributed by atoms with Gasteiger partial charge in [0.1, 0.15) is 5.75 Å². The predicted molar refractivity (Wildman–Crippen MR) is 98.7 cm³/mol. The number of benzene rings is 1. The van der Waals surface area contributed by atoms with Crippen molar-refractivity contribution in [2.75, 3.05) is 25.4 Å². The Labute approximate surface area is 149 Å². The number of piperidine rings is 2. The number of carbonyl (C=O) groups is 1. The highest BCUT2D eigenvalue weighted by Crippen LogP contribution is 2.50. The number of likely N-dealkylation sites (tertiary alicyclic amines) is 2. The van der Waals surface area contributed by atoms with Gasteiger partial charge in [-0.15, -0.1) is 0 Å². The van der Waals surface area contributed by atoms with Gasteiger partial charge in [0.25, 0.3) is 0 Å². The number of nitrogen functional groups attached to an aromatic ring is 1. The van der Waals surface area contributed by atoms with Crippen molar-refractivity contribution in [3.63, 3.8) is 0 Å². The molecule has 5 heteroatoms. The van der Waals surface area contributed by atoms with Crippen LogP contribution < -0.4 is 5.73 Å². The molecule has 4 rings (SSSR count). The van der Waals surface area contributed by atoms with Crippen molar-refractivity contribution in [3.05, 3.63) is 23.3 Å². The van der Waals surface area contributed by atoms with Crippen LogP contribution in [0.1, 0.15) is 50.7 Å². The maximum Gasteiger partial charge on any atom is 0.320 e. The Morgan fingerprint density at radius 3 is 2.68 bits per heavy atom. The number of fused-ring (bicyclic) bond motifs is 4. The molecule has 2 amide bonds. The van der Waals surface area contributed by atoms with Crippen LogP contribution in [0.2, 0.25) is 0 Å². The summed E-state index contributed by atoms with van der Waals surface area (Å²) < 4.78 is 0. The lowest BCUT2D eigenvalue weighted by Crippen LogP contribution is -2.62. The summed E-state index contributed by atoms with van der Waals surface area (Å²) in [6.07, 6.45) is 5.24. The van der Waals surface area contributed by atoms with Crippen LogP contribution in [0.25, 0.3) is 0 Å². The van der Waals surface area contributed by atoms with E-state index in [4.69, 9.17) is 5.73 Å². The van der Waals surface area contributed by atoms with Crippen LogP contribution in [0.4, 0.5) is 10.5 Å². The summed E-state index contributed by atoms with van der Waals surface area (Å²) in [5.74, 6) is 0.544. The van der Waals surface area contributed by atoms with Gasteiger partial charge in [-0.2, -0.15) is 0 Å². The number of anilines is 1. The molecule has 0 unspecified atom stereocenters. The van der Waals surface area contributed by atoms with Crippen molar-refractivity contribution in [1.82, 2.24) is 9.80 Å². The summed E-state index contributed by atoms with van der Waals surface area (Å²) in [6.45, 7) is 7.12. The number of hydrogen-bond acceptors (Lipinski definition) is 3. The number of carbonyl (C=O) groups excluding carboxylic acids is 1. The zero-order chi connectivity index (χ0) is 17.8. The van der Waals surface area contributed by atoms with Crippen LogP contribution in [0.3, 0.4) is 0 Å². The van der Waals surface area contributed by atoms with Crippen molar-refractivity contribution in [2.45, 2.75) is 57.4 Å². The van der Waals surface area contributed by atoms with Crippen LogP contribution >= 0.6 is 0 Å². The highest BCUT2D eigenvalue weighted by molar-refractivity contribution is 5.75. The van der Waals surface area contributed by atoms with Crippen LogP contribution in [0, 0.1) is 5.92 Å². The van der Waals surface area contributed by atoms with Gasteiger partial charge in [0.2, 0.25) is 0 Å². The fraction of sp³-hybridized carbons (Fsp3) is 0.650. The lowest BCUT2D eigenvalue weighted by atomic mass is 9.59. The molecule has 0 radical (unpaired) electrons. The van der Waals surface area contributed by atoms with Gasteiger partial charge in [-0.3, -0.25) is 0 Å². The Hall–Kier alpha value is -1.91. The summed E-state index contributed by atoms with van der Waals surface area (Å²) in [5.41, 5.74) is 8.77. The van der Waals surface area contributed by atoms with E-state index in [1.807, 2.05) is 17.0 Å². The summed E-state index contributed by atoms with van der Waals surface area (Å²) in [4.78, 5) is 17.3. The van der Waals surface area contributed by atoms with Gasteiger partial charge >= 0.3 is 6.03 Å². The van der Waals surface area contributed by atoms with Gasteiger partial charge in [-0.1, -0.05) is 13.8 Å². The van der Waals surface area contributed by atoms with E-state index in [2.05, 4.69) is 18.7 Å². The minimum Gasteiger partial charge on any atom is -0.506 e. The first-order chi connectivity index (χ1) is 11.9. The van der Waals surface area contributed by atoms with Gasteiger partial charge in [-0.25, -0.2) is 4.79 Å². The first-order valence-electron chi connectivity index (χ1n) is 9.59. The number of phenols is 1. The molecule has 3 atom stereocenters. The van der Waals surface area contributed by atoms with E-state index < -0.39 is 0 Å². The van der Waals surface area contributed by atoms with E-state index in [0.717, 1.165) is 45.3 Å². The normalized spacial score (nSPS) is 31.6. The van der Waals surface area contributed by atoms with E-state index in [1.54, 1.807) is 0 Å². The second kappa shape index (κ2) is 5.82. The number of aromatic hydroxyl groups is 1. The molecule has 2 bridgehead atoms. The third kappa shape index (κ3) is 2.47. The molecule has 25 heavy (non-hydrogen) atoms. The molecule has 0 aromatic heterocycles. The molecular weight excluding hydrogens is 314 g/mol. The van der Waals surface area contributed by atoms with Gasteiger partial charge in [0, 0.05) is 25.7 Å². The number of urea groups is 1. The van der Waals surface area contributed by atoms with E-state index >= 15 is 0 Å². The monoisotopic (exact) mass is 343 g/mol. The standard InChI is InChI=1S/C20H29N3O2/c1-13-17-11-14-10-16(21)18(24)12-15(14)20(13,2)6-9-23(17)19(25)22-7-4-3-5-8-22/h10,12-13,17,24H,3-9,11,21H2,1-2H3/t13-,17-,20-/m1/s1. The lowest BCUT2D eigenvalue weighted by molar-refractivity contribution is 0.0384. The van der Waals surface area contributed by atoms with Gasteiger partial charge in [-0.05, 0) is 66.7 Å². The third-order valence-electron chi connectivity index (χ3n) is 7.02. The molecule has 2 fully saturated rings. The lowest BCUT2D eigenvalue weighted by Gasteiger charge is -2.55. The van der Waals surface area contributed by atoms with Crippen molar-refractivity contribution >= 4 is 11.7 Å². The Bertz CT molecular complexity index is 698. The van der Waals surface area contributed by atoms with Crippen molar-refractivity contribution in [1.29, 1.82) is 0 Å². The number of nitrogens with zero attached hydrogens (tertiary/aromatic N) is 2. The first kappa shape index (κ1) is 16.6. The average molecular weight is 343 g/mol. The zero-order valence-electron chi connectivity index (χ0n) is 15.3. The second-order valence-corrected chi connectivity index (χ2v) is 8.32. The molecule has 1 aromatic rings. The molecule has 5 nitrogen and oxygen atoms in total. The molecule has 1 aromatic carbocycles. The fourth-order valence-corrected chi connectivity index (χ4v) is 5.19. The number of hydrogen-bond donors (Lipinski definition) is 2. The van der Waals surface area contributed by atoms with Gasteiger partial charge in [0.15, 0.2) is 0 Å².